The van der Waals surface area contributed by atoms with E-state index in [0.29, 0.717) is 23.1 Å². The van der Waals surface area contributed by atoms with Gasteiger partial charge in [0.1, 0.15) is 5.69 Å². The molecular formula is C12H9N5O. The number of hydrogen-bond donors (Lipinski definition) is 1. The Morgan fingerprint density at radius 3 is 2.89 bits per heavy atom. The third kappa shape index (κ3) is 1.91. The number of nitrogens with two attached hydrogens (primary N) is 1. The summed E-state index contributed by atoms with van der Waals surface area (Å²) in [6.07, 6.45) is 4.72. The number of nitrogen functional groups attached to an aromatic ring is 1. The molecule has 0 atom stereocenters. The molecule has 2 heterocycles. The van der Waals surface area contributed by atoms with Gasteiger partial charge in [-0.1, -0.05) is 17.3 Å². The average Bonchev–Trinajstić information content (AvgIpc) is 2.89. The second-order valence-corrected chi connectivity index (χ2v) is 3.64. The van der Waals surface area contributed by atoms with E-state index in [4.69, 9.17) is 10.3 Å². The lowest BCUT2D eigenvalue weighted by molar-refractivity contribution is 0.431. The molecule has 0 bridgehead atoms. The Morgan fingerprint density at radius 1 is 1.17 bits per heavy atom. The van der Waals surface area contributed by atoms with Gasteiger partial charge in [0.25, 0.3) is 5.89 Å². The molecule has 0 saturated carbocycles. The van der Waals surface area contributed by atoms with Crippen LogP contribution in [0.15, 0.2) is 47.4 Å². The maximum absolute atomic E-state index is 5.71. The Bertz CT molecular complexity index is 665. The SMILES string of the molecule is Nc1cccc(-c2noc(-c3cnccn3)n2)c1. The van der Waals surface area contributed by atoms with Gasteiger partial charge in [0, 0.05) is 23.6 Å². The Morgan fingerprint density at radius 2 is 2.11 bits per heavy atom. The standard InChI is InChI=1S/C12H9N5O/c13-9-3-1-2-8(6-9)11-16-12(18-17-11)10-7-14-4-5-15-10/h1-7H,13H2. The number of nitrogens with zero attached hydrogens (tertiary/aromatic N) is 4. The topological polar surface area (TPSA) is 90.7 Å². The van der Waals surface area contributed by atoms with Crippen LogP contribution in [-0.4, -0.2) is 20.1 Å². The first-order valence-electron chi connectivity index (χ1n) is 5.29. The van der Waals surface area contributed by atoms with Gasteiger partial charge in [-0.05, 0) is 12.1 Å². The fraction of sp³-hybridized carbons (Fsp3) is 0. The smallest absolute Gasteiger partial charge is 0.278 e. The summed E-state index contributed by atoms with van der Waals surface area (Å²) in [5.74, 6) is 0.809. The monoisotopic (exact) mass is 239 g/mol. The molecule has 6 nitrogen and oxygen atoms in total. The minimum atomic E-state index is 0.334. The van der Waals surface area contributed by atoms with E-state index in [9.17, 15) is 0 Å². The zero-order valence-electron chi connectivity index (χ0n) is 9.32. The van der Waals surface area contributed by atoms with Gasteiger partial charge in [-0.15, -0.1) is 0 Å². The summed E-state index contributed by atoms with van der Waals surface area (Å²) in [5, 5.41) is 3.89. The highest BCUT2D eigenvalue weighted by atomic mass is 16.5. The molecule has 0 amide bonds. The first-order valence-corrected chi connectivity index (χ1v) is 5.29. The molecule has 3 rings (SSSR count). The predicted molar refractivity (Wildman–Crippen MR) is 65.2 cm³/mol. The van der Waals surface area contributed by atoms with Crippen molar-refractivity contribution in [3.05, 3.63) is 42.9 Å². The summed E-state index contributed by atoms with van der Waals surface area (Å²) in [7, 11) is 0. The third-order valence-corrected chi connectivity index (χ3v) is 2.35. The van der Waals surface area contributed by atoms with E-state index in [-0.39, 0.29) is 0 Å². The Hall–Kier alpha value is -2.76. The van der Waals surface area contributed by atoms with Crippen molar-refractivity contribution < 1.29 is 4.52 Å². The Balaban J connectivity index is 2.00. The van der Waals surface area contributed by atoms with E-state index >= 15 is 0 Å². The minimum Gasteiger partial charge on any atom is -0.399 e. The van der Waals surface area contributed by atoms with Gasteiger partial charge in [0.15, 0.2) is 0 Å². The van der Waals surface area contributed by atoms with Crippen LogP contribution in [-0.2, 0) is 0 Å². The fourth-order valence-corrected chi connectivity index (χ4v) is 1.53. The fourth-order valence-electron chi connectivity index (χ4n) is 1.53. The zero-order chi connectivity index (χ0) is 12.4. The first kappa shape index (κ1) is 10.4. The van der Waals surface area contributed by atoms with Gasteiger partial charge in [0.05, 0.1) is 6.20 Å². The summed E-state index contributed by atoms with van der Waals surface area (Å²) in [5.41, 5.74) is 7.70. The molecule has 2 N–H and O–H groups in total. The molecule has 2 aromatic heterocycles. The van der Waals surface area contributed by atoms with Crippen LogP contribution in [0.3, 0.4) is 0 Å². The van der Waals surface area contributed by atoms with Crippen LogP contribution in [0, 0.1) is 0 Å². The van der Waals surface area contributed by atoms with E-state index in [0.717, 1.165) is 5.56 Å². The van der Waals surface area contributed by atoms with Crippen molar-refractivity contribution in [1.29, 1.82) is 0 Å². The number of benzene rings is 1. The molecule has 0 spiro atoms. The van der Waals surface area contributed by atoms with Crippen LogP contribution in [0.5, 0.6) is 0 Å². The van der Waals surface area contributed by atoms with Crippen LogP contribution in [0.25, 0.3) is 23.0 Å². The van der Waals surface area contributed by atoms with Crippen LogP contribution in [0.1, 0.15) is 0 Å². The number of aromatic nitrogens is 4. The van der Waals surface area contributed by atoms with Gasteiger partial charge < -0.3 is 10.3 Å². The van der Waals surface area contributed by atoms with E-state index < -0.39 is 0 Å². The second-order valence-electron chi connectivity index (χ2n) is 3.64. The molecule has 0 radical (unpaired) electrons. The van der Waals surface area contributed by atoms with Crippen molar-refractivity contribution >= 4 is 5.69 Å². The van der Waals surface area contributed by atoms with E-state index in [1.54, 1.807) is 30.7 Å². The number of hydrogen-bond acceptors (Lipinski definition) is 6. The maximum atomic E-state index is 5.71. The molecule has 3 aromatic rings. The van der Waals surface area contributed by atoms with Crippen LogP contribution < -0.4 is 5.73 Å². The molecule has 1 aromatic carbocycles. The lowest BCUT2D eigenvalue weighted by atomic mass is 10.2. The quantitative estimate of drug-likeness (QED) is 0.685. The molecule has 0 aliphatic rings. The van der Waals surface area contributed by atoms with Crippen molar-refractivity contribution in [2.75, 3.05) is 5.73 Å². The lowest BCUT2D eigenvalue weighted by Crippen LogP contribution is -1.87. The normalized spacial score (nSPS) is 10.4. The Kier molecular flexibility index (Phi) is 2.45. The molecule has 0 fully saturated rings. The maximum Gasteiger partial charge on any atom is 0.278 e. The van der Waals surface area contributed by atoms with Gasteiger partial charge in [-0.2, -0.15) is 4.98 Å². The largest absolute Gasteiger partial charge is 0.399 e. The number of anilines is 1. The highest BCUT2D eigenvalue weighted by molar-refractivity contribution is 5.62. The second kappa shape index (κ2) is 4.25. The predicted octanol–water partition coefficient (Wildman–Crippen LogP) is 1.78. The summed E-state index contributed by atoms with van der Waals surface area (Å²) < 4.78 is 5.14. The molecule has 0 unspecified atom stereocenters. The van der Waals surface area contributed by atoms with Crippen molar-refractivity contribution in [3.8, 4) is 23.0 Å². The highest BCUT2D eigenvalue weighted by Gasteiger charge is 2.11. The molecule has 6 heteroatoms. The van der Waals surface area contributed by atoms with E-state index in [2.05, 4.69) is 20.1 Å². The minimum absolute atomic E-state index is 0.334. The molecule has 0 saturated heterocycles. The van der Waals surface area contributed by atoms with Crippen molar-refractivity contribution in [2.24, 2.45) is 0 Å². The summed E-state index contributed by atoms with van der Waals surface area (Å²) in [4.78, 5) is 12.3. The third-order valence-electron chi connectivity index (χ3n) is 2.35. The molecule has 88 valence electrons. The average molecular weight is 239 g/mol. The molecular weight excluding hydrogens is 230 g/mol. The van der Waals surface area contributed by atoms with Crippen molar-refractivity contribution in [3.63, 3.8) is 0 Å². The van der Waals surface area contributed by atoms with Crippen LogP contribution >= 0.6 is 0 Å². The van der Waals surface area contributed by atoms with Crippen LogP contribution in [0.2, 0.25) is 0 Å². The molecule has 0 aliphatic carbocycles. The Labute approximate surface area is 103 Å². The van der Waals surface area contributed by atoms with Gasteiger partial charge >= 0.3 is 0 Å². The van der Waals surface area contributed by atoms with Gasteiger partial charge in [-0.3, -0.25) is 4.98 Å². The van der Waals surface area contributed by atoms with Crippen molar-refractivity contribution in [1.82, 2.24) is 20.1 Å². The lowest BCUT2D eigenvalue weighted by Gasteiger charge is -1.95. The van der Waals surface area contributed by atoms with Crippen LogP contribution in [0.4, 0.5) is 5.69 Å². The van der Waals surface area contributed by atoms with E-state index in [1.807, 2.05) is 12.1 Å². The molecule has 18 heavy (non-hydrogen) atoms. The van der Waals surface area contributed by atoms with Crippen molar-refractivity contribution in [2.45, 2.75) is 0 Å². The molecule has 0 aliphatic heterocycles. The number of rotatable bonds is 2. The summed E-state index contributed by atoms with van der Waals surface area (Å²) >= 11 is 0. The first-order chi connectivity index (χ1) is 8.83. The van der Waals surface area contributed by atoms with E-state index in [1.165, 1.54) is 0 Å². The van der Waals surface area contributed by atoms with Gasteiger partial charge in [0.2, 0.25) is 5.82 Å². The zero-order valence-corrected chi connectivity index (χ0v) is 9.32. The van der Waals surface area contributed by atoms with Gasteiger partial charge in [-0.25, -0.2) is 4.98 Å². The summed E-state index contributed by atoms with van der Waals surface area (Å²) in [6, 6.07) is 7.28. The highest BCUT2D eigenvalue weighted by Crippen LogP contribution is 2.21. The summed E-state index contributed by atoms with van der Waals surface area (Å²) in [6.45, 7) is 0.